The van der Waals surface area contributed by atoms with E-state index < -0.39 is 0 Å². The molecule has 1 heterocycles. The molecule has 25 heavy (non-hydrogen) atoms. The van der Waals surface area contributed by atoms with Gasteiger partial charge in [0.25, 0.3) is 0 Å². The van der Waals surface area contributed by atoms with Gasteiger partial charge in [-0.15, -0.1) is 0 Å². The van der Waals surface area contributed by atoms with E-state index in [1.807, 2.05) is 12.1 Å². The molecule has 0 spiro atoms. The Labute approximate surface area is 149 Å². The predicted molar refractivity (Wildman–Crippen MR) is 97.3 cm³/mol. The van der Waals surface area contributed by atoms with Gasteiger partial charge in [0, 0.05) is 12.1 Å². The smallest absolute Gasteiger partial charge is 0.165 e. The minimum absolute atomic E-state index is 0.0635. The third kappa shape index (κ3) is 3.00. The molecule has 0 aliphatic carbocycles. The average molecular weight is 343 g/mol. The van der Waals surface area contributed by atoms with Crippen molar-refractivity contribution in [3.05, 3.63) is 47.0 Å². The average Bonchev–Trinajstić information content (AvgIpc) is 2.66. The predicted octanol–water partition coefficient (Wildman–Crippen LogP) is 3.30. The zero-order chi connectivity index (χ0) is 18.0. The van der Waals surface area contributed by atoms with Gasteiger partial charge in [0.2, 0.25) is 0 Å². The normalized spacial score (nSPS) is 16.9. The summed E-state index contributed by atoms with van der Waals surface area (Å²) in [6, 6.07) is 10.2. The summed E-state index contributed by atoms with van der Waals surface area (Å²) in [5.41, 5.74) is 3.56. The lowest BCUT2D eigenvalue weighted by atomic mass is 9.87. The number of methoxy groups -OCH3 is 4. The summed E-state index contributed by atoms with van der Waals surface area (Å²) < 4.78 is 22.2. The van der Waals surface area contributed by atoms with Crippen molar-refractivity contribution in [1.82, 2.24) is 4.90 Å². The second-order valence-corrected chi connectivity index (χ2v) is 6.12. The minimum atomic E-state index is 0.0635. The van der Waals surface area contributed by atoms with Crippen molar-refractivity contribution in [3.8, 4) is 23.0 Å². The Morgan fingerprint density at radius 3 is 2.16 bits per heavy atom. The molecule has 5 nitrogen and oxygen atoms in total. The van der Waals surface area contributed by atoms with Gasteiger partial charge < -0.3 is 18.9 Å². The molecule has 0 unspecified atom stereocenters. The van der Waals surface area contributed by atoms with Crippen molar-refractivity contribution in [3.63, 3.8) is 0 Å². The first kappa shape index (κ1) is 17.4. The molecule has 0 N–H and O–H groups in total. The maximum atomic E-state index is 5.68. The van der Waals surface area contributed by atoms with Crippen LogP contribution in [-0.4, -0.2) is 46.9 Å². The highest BCUT2D eigenvalue weighted by Gasteiger charge is 2.31. The number of benzene rings is 2. The zero-order valence-corrected chi connectivity index (χ0v) is 15.5. The second-order valence-electron chi connectivity index (χ2n) is 6.12. The van der Waals surface area contributed by atoms with Crippen molar-refractivity contribution in [2.24, 2.45) is 0 Å². The van der Waals surface area contributed by atoms with Crippen LogP contribution in [0, 0.1) is 0 Å². The summed E-state index contributed by atoms with van der Waals surface area (Å²) in [5, 5.41) is 0. The molecule has 1 atom stereocenters. The van der Waals surface area contributed by atoms with Crippen LogP contribution in [0.25, 0.3) is 0 Å². The fourth-order valence-corrected chi connectivity index (χ4v) is 3.60. The SMILES string of the molecule is COc1cc2c(cc1OC)[C@H](c1cccc(OC)c1OC)N(C)CC2. The van der Waals surface area contributed by atoms with Gasteiger partial charge in [0.1, 0.15) is 0 Å². The second kappa shape index (κ2) is 7.23. The molecule has 0 bridgehead atoms. The van der Waals surface area contributed by atoms with E-state index in [0.717, 1.165) is 41.5 Å². The molecule has 5 heteroatoms. The number of rotatable bonds is 5. The summed E-state index contributed by atoms with van der Waals surface area (Å²) in [7, 11) is 8.80. The maximum absolute atomic E-state index is 5.68. The van der Waals surface area contributed by atoms with Crippen LogP contribution >= 0.6 is 0 Å². The number of fused-ring (bicyclic) bond motifs is 1. The number of hydrogen-bond donors (Lipinski definition) is 0. The van der Waals surface area contributed by atoms with Crippen LogP contribution < -0.4 is 18.9 Å². The van der Waals surface area contributed by atoms with Gasteiger partial charge in [-0.1, -0.05) is 12.1 Å². The number of nitrogens with zero attached hydrogens (tertiary/aromatic N) is 1. The Bertz CT molecular complexity index is 760. The van der Waals surface area contributed by atoms with Crippen LogP contribution in [0.15, 0.2) is 30.3 Å². The van der Waals surface area contributed by atoms with Crippen molar-refractivity contribution in [2.75, 3.05) is 42.0 Å². The molecular weight excluding hydrogens is 318 g/mol. The Morgan fingerprint density at radius 1 is 0.840 bits per heavy atom. The van der Waals surface area contributed by atoms with Crippen LogP contribution in [0.4, 0.5) is 0 Å². The Balaban J connectivity index is 2.19. The van der Waals surface area contributed by atoms with Gasteiger partial charge >= 0.3 is 0 Å². The molecule has 0 amide bonds. The molecular formula is C20H25NO4. The van der Waals surface area contributed by atoms with E-state index in [9.17, 15) is 0 Å². The van der Waals surface area contributed by atoms with E-state index in [0.29, 0.717) is 0 Å². The summed E-state index contributed by atoms with van der Waals surface area (Å²) in [5.74, 6) is 3.01. The first-order valence-corrected chi connectivity index (χ1v) is 8.30. The molecule has 0 saturated carbocycles. The van der Waals surface area contributed by atoms with Crippen LogP contribution in [0.5, 0.6) is 23.0 Å². The molecule has 0 radical (unpaired) electrons. The largest absolute Gasteiger partial charge is 0.493 e. The molecule has 1 aliphatic heterocycles. The van der Waals surface area contributed by atoms with Crippen molar-refractivity contribution < 1.29 is 18.9 Å². The quantitative estimate of drug-likeness (QED) is 0.833. The van der Waals surface area contributed by atoms with Gasteiger partial charge in [-0.2, -0.15) is 0 Å². The highest BCUT2D eigenvalue weighted by Crippen LogP contribution is 2.44. The van der Waals surface area contributed by atoms with Gasteiger partial charge in [-0.25, -0.2) is 0 Å². The first-order valence-electron chi connectivity index (χ1n) is 8.30. The van der Waals surface area contributed by atoms with Crippen LogP contribution in [0.2, 0.25) is 0 Å². The zero-order valence-electron chi connectivity index (χ0n) is 15.5. The third-order valence-corrected chi connectivity index (χ3v) is 4.84. The van der Waals surface area contributed by atoms with E-state index in [4.69, 9.17) is 18.9 Å². The molecule has 2 aromatic carbocycles. The van der Waals surface area contributed by atoms with Crippen molar-refractivity contribution in [2.45, 2.75) is 12.5 Å². The van der Waals surface area contributed by atoms with Gasteiger partial charge in [-0.3, -0.25) is 4.90 Å². The van der Waals surface area contributed by atoms with E-state index in [1.54, 1.807) is 28.4 Å². The minimum Gasteiger partial charge on any atom is -0.493 e. The van der Waals surface area contributed by atoms with E-state index in [-0.39, 0.29) is 6.04 Å². The topological polar surface area (TPSA) is 40.2 Å². The van der Waals surface area contributed by atoms with Crippen molar-refractivity contribution in [1.29, 1.82) is 0 Å². The fourth-order valence-electron chi connectivity index (χ4n) is 3.60. The number of para-hydroxylation sites is 1. The van der Waals surface area contributed by atoms with Crippen LogP contribution in [0.3, 0.4) is 0 Å². The van der Waals surface area contributed by atoms with Gasteiger partial charge in [0.15, 0.2) is 23.0 Å². The number of hydrogen-bond acceptors (Lipinski definition) is 5. The molecule has 0 aromatic heterocycles. The molecule has 134 valence electrons. The number of ether oxygens (including phenoxy) is 4. The lowest BCUT2D eigenvalue weighted by Gasteiger charge is -2.36. The lowest BCUT2D eigenvalue weighted by molar-refractivity contribution is 0.254. The molecule has 2 aromatic rings. The van der Waals surface area contributed by atoms with Crippen LogP contribution in [-0.2, 0) is 6.42 Å². The molecule has 1 aliphatic rings. The molecule has 0 fully saturated rings. The maximum Gasteiger partial charge on any atom is 0.165 e. The monoisotopic (exact) mass is 343 g/mol. The first-order chi connectivity index (χ1) is 12.1. The Kier molecular flexibility index (Phi) is 5.04. The number of likely N-dealkylation sites (N-methyl/N-ethyl adjacent to an activating group) is 1. The van der Waals surface area contributed by atoms with E-state index >= 15 is 0 Å². The van der Waals surface area contributed by atoms with E-state index in [1.165, 1.54) is 11.1 Å². The summed E-state index contributed by atoms with van der Waals surface area (Å²) in [6.45, 7) is 0.952. The van der Waals surface area contributed by atoms with E-state index in [2.05, 4.69) is 30.1 Å². The Morgan fingerprint density at radius 2 is 1.52 bits per heavy atom. The summed E-state index contributed by atoms with van der Waals surface area (Å²) >= 11 is 0. The van der Waals surface area contributed by atoms with Crippen molar-refractivity contribution >= 4 is 0 Å². The van der Waals surface area contributed by atoms with Gasteiger partial charge in [-0.05, 0) is 42.8 Å². The third-order valence-electron chi connectivity index (χ3n) is 4.84. The summed E-state index contributed by atoms with van der Waals surface area (Å²) in [4.78, 5) is 2.32. The van der Waals surface area contributed by atoms with Crippen LogP contribution in [0.1, 0.15) is 22.7 Å². The highest BCUT2D eigenvalue weighted by atomic mass is 16.5. The Hall–Kier alpha value is -2.40. The highest BCUT2D eigenvalue weighted by molar-refractivity contribution is 5.56. The molecule has 3 rings (SSSR count). The summed E-state index contributed by atoms with van der Waals surface area (Å²) in [6.07, 6.45) is 0.967. The van der Waals surface area contributed by atoms with Gasteiger partial charge in [0.05, 0.1) is 34.5 Å². The molecule has 0 saturated heterocycles. The lowest BCUT2D eigenvalue weighted by Crippen LogP contribution is -2.33. The fraction of sp³-hybridized carbons (Fsp3) is 0.400. The standard InChI is InChI=1S/C20H25NO4/c1-21-10-9-13-11-17(23-3)18(24-4)12-15(13)19(21)14-7-6-8-16(22-2)20(14)25-5/h6-8,11-12,19H,9-10H2,1-5H3/t19-/m0/s1.